The smallest absolute Gasteiger partial charge is 0.122 e. The Morgan fingerprint density at radius 1 is 1.10 bits per heavy atom. The van der Waals surface area contributed by atoms with E-state index in [0.29, 0.717) is 5.69 Å². The molecule has 0 radical (unpaired) electrons. The number of hydrogen-bond acceptors (Lipinski definition) is 4. The van der Waals surface area contributed by atoms with Crippen molar-refractivity contribution in [1.29, 1.82) is 0 Å². The van der Waals surface area contributed by atoms with E-state index in [9.17, 15) is 0 Å². The third-order valence-corrected chi connectivity index (χ3v) is 3.20. The number of nitrogen functional groups attached to an aromatic ring is 1. The molecule has 112 valence electrons. The van der Waals surface area contributed by atoms with Gasteiger partial charge in [-0.15, -0.1) is 0 Å². The highest BCUT2D eigenvalue weighted by molar-refractivity contribution is 5.67. The first kappa shape index (κ1) is 15.0. The number of hydrogen-bond donors (Lipinski definition) is 2. The van der Waals surface area contributed by atoms with Crippen molar-refractivity contribution < 1.29 is 9.47 Å². The zero-order valence-electron chi connectivity index (χ0n) is 12.7. The van der Waals surface area contributed by atoms with Crippen LogP contribution in [0.3, 0.4) is 0 Å². The first-order chi connectivity index (χ1) is 10.1. The van der Waals surface area contributed by atoms with Crippen molar-refractivity contribution >= 4 is 17.1 Å². The summed E-state index contributed by atoms with van der Waals surface area (Å²) in [5.74, 6) is 1.58. The van der Waals surface area contributed by atoms with Crippen LogP contribution in [0.4, 0.5) is 17.1 Å². The molecular formula is C17H22N2O2. The monoisotopic (exact) mass is 286 g/mol. The Morgan fingerprint density at radius 3 is 2.57 bits per heavy atom. The second-order valence-corrected chi connectivity index (χ2v) is 4.98. The van der Waals surface area contributed by atoms with Crippen molar-refractivity contribution in [3.05, 3.63) is 42.5 Å². The molecule has 0 saturated heterocycles. The maximum Gasteiger partial charge on any atom is 0.122 e. The van der Waals surface area contributed by atoms with Gasteiger partial charge in [0, 0.05) is 35.3 Å². The lowest BCUT2D eigenvalue weighted by Gasteiger charge is -2.14. The molecule has 0 fully saturated rings. The van der Waals surface area contributed by atoms with Crippen LogP contribution in [0.5, 0.6) is 11.5 Å². The van der Waals surface area contributed by atoms with E-state index in [0.717, 1.165) is 29.3 Å². The lowest BCUT2D eigenvalue weighted by Crippen LogP contribution is -2.09. The van der Waals surface area contributed by atoms with Crippen molar-refractivity contribution in [2.24, 2.45) is 0 Å². The SMILES string of the molecule is CCC(C)Oc1cccc(Nc2cc(N)cc(OC)c2)c1. The van der Waals surface area contributed by atoms with Gasteiger partial charge in [-0.2, -0.15) is 0 Å². The molecule has 3 N–H and O–H groups in total. The summed E-state index contributed by atoms with van der Waals surface area (Å²) in [6, 6.07) is 13.4. The fourth-order valence-electron chi connectivity index (χ4n) is 1.94. The molecule has 0 aliphatic rings. The van der Waals surface area contributed by atoms with E-state index in [1.807, 2.05) is 36.4 Å². The predicted molar refractivity (Wildman–Crippen MR) is 87.5 cm³/mol. The first-order valence-corrected chi connectivity index (χ1v) is 7.09. The van der Waals surface area contributed by atoms with Crippen LogP contribution in [0, 0.1) is 0 Å². The van der Waals surface area contributed by atoms with E-state index in [1.54, 1.807) is 13.2 Å². The normalized spacial score (nSPS) is 11.8. The van der Waals surface area contributed by atoms with E-state index in [1.165, 1.54) is 0 Å². The molecule has 0 aliphatic heterocycles. The molecule has 0 spiro atoms. The molecule has 1 atom stereocenters. The second-order valence-electron chi connectivity index (χ2n) is 4.98. The average Bonchev–Trinajstić information content (AvgIpc) is 2.46. The molecule has 2 aromatic carbocycles. The molecule has 2 aromatic rings. The van der Waals surface area contributed by atoms with Crippen molar-refractivity contribution in [3.63, 3.8) is 0 Å². The van der Waals surface area contributed by atoms with E-state index in [2.05, 4.69) is 19.2 Å². The molecule has 0 saturated carbocycles. The van der Waals surface area contributed by atoms with Gasteiger partial charge in [0.1, 0.15) is 11.5 Å². The van der Waals surface area contributed by atoms with E-state index < -0.39 is 0 Å². The minimum absolute atomic E-state index is 0.202. The summed E-state index contributed by atoms with van der Waals surface area (Å²) in [4.78, 5) is 0. The summed E-state index contributed by atoms with van der Waals surface area (Å²) in [5, 5.41) is 3.31. The highest BCUT2D eigenvalue weighted by Gasteiger charge is 2.04. The van der Waals surface area contributed by atoms with Crippen molar-refractivity contribution in [1.82, 2.24) is 0 Å². The average molecular weight is 286 g/mol. The van der Waals surface area contributed by atoms with Gasteiger partial charge in [-0.25, -0.2) is 0 Å². The third-order valence-electron chi connectivity index (χ3n) is 3.20. The summed E-state index contributed by atoms with van der Waals surface area (Å²) in [6.45, 7) is 4.16. The predicted octanol–water partition coefficient (Wildman–Crippen LogP) is 4.20. The third kappa shape index (κ3) is 4.31. The zero-order valence-corrected chi connectivity index (χ0v) is 12.7. The van der Waals surface area contributed by atoms with Crippen LogP contribution in [-0.4, -0.2) is 13.2 Å². The van der Waals surface area contributed by atoms with Crippen LogP contribution in [0.25, 0.3) is 0 Å². The molecular weight excluding hydrogens is 264 g/mol. The second kappa shape index (κ2) is 6.88. The molecule has 1 unspecified atom stereocenters. The van der Waals surface area contributed by atoms with Gasteiger partial charge >= 0.3 is 0 Å². The van der Waals surface area contributed by atoms with Gasteiger partial charge in [0.05, 0.1) is 13.2 Å². The zero-order chi connectivity index (χ0) is 15.2. The maximum absolute atomic E-state index is 5.86. The van der Waals surface area contributed by atoms with Crippen LogP contribution in [0.15, 0.2) is 42.5 Å². The Hall–Kier alpha value is -2.36. The molecule has 0 aliphatic carbocycles. The summed E-state index contributed by atoms with van der Waals surface area (Å²) in [7, 11) is 1.62. The van der Waals surface area contributed by atoms with Crippen LogP contribution in [0.2, 0.25) is 0 Å². The Bertz CT molecular complexity index is 599. The summed E-state index contributed by atoms with van der Waals surface area (Å²) in [6.07, 6.45) is 1.18. The van der Waals surface area contributed by atoms with E-state index in [4.69, 9.17) is 15.2 Å². The highest BCUT2D eigenvalue weighted by Crippen LogP contribution is 2.27. The van der Waals surface area contributed by atoms with Gasteiger partial charge in [-0.05, 0) is 31.5 Å². The lowest BCUT2D eigenvalue weighted by molar-refractivity contribution is 0.217. The molecule has 4 heteroatoms. The molecule has 0 bridgehead atoms. The number of rotatable bonds is 6. The van der Waals surface area contributed by atoms with Gasteiger partial charge in [0.25, 0.3) is 0 Å². The van der Waals surface area contributed by atoms with Gasteiger partial charge < -0.3 is 20.5 Å². The van der Waals surface area contributed by atoms with Crippen LogP contribution in [0.1, 0.15) is 20.3 Å². The minimum Gasteiger partial charge on any atom is -0.497 e. The lowest BCUT2D eigenvalue weighted by atomic mass is 10.2. The molecule has 0 amide bonds. The van der Waals surface area contributed by atoms with E-state index in [-0.39, 0.29) is 6.10 Å². The largest absolute Gasteiger partial charge is 0.497 e. The molecule has 21 heavy (non-hydrogen) atoms. The fourth-order valence-corrected chi connectivity index (χ4v) is 1.94. The standard InChI is InChI=1S/C17H22N2O2/c1-4-12(2)21-16-7-5-6-14(10-16)19-15-8-13(18)9-17(11-15)20-3/h5-12,19H,4,18H2,1-3H3. The summed E-state index contributed by atoms with van der Waals surface area (Å²) < 4.78 is 11.0. The topological polar surface area (TPSA) is 56.5 Å². The molecule has 2 rings (SSSR count). The summed E-state index contributed by atoms with van der Waals surface area (Å²) in [5.41, 5.74) is 8.34. The van der Waals surface area contributed by atoms with Gasteiger partial charge in [-0.3, -0.25) is 0 Å². The minimum atomic E-state index is 0.202. The molecule has 4 nitrogen and oxygen atoms in total. The van der Waals surface area contributed by atoms with Gasteiger partial charge in [0.15, 0.2) is 0 Å². The van der Waals surface area contributed by atoms with Gasteiger partial charge in [0.2, 0.25) is 0 Å². The highest BCUT2D eigenvalue weighted by atomic mass is 16.5. The number of benzene rings is 2. The number of anilines is 3. The number of nitrogens with one attached hydrogen (secondary N) is 1. The Labute approximate surface area is 125 Å². The van der Waals surface area contributed by atoms with Crippen LogP contribution < -0.4 is 20.5 Å². The maximum atomic E-state index is 5.86. The molecule has 0 aromatic heterocycles. The molecule has 0 heterocycles. The van der Waals surface area contributed by atoms with Crippen molar-refractivity contribution in [2.75, 3.05) is 18.2 Å². The Balaban J connectivity index is 2.16. The number of ether oxygens (including phenoxy) is 2. The van der Waals surface area contributed by atoms with E-state index >= 15 is 0 Å². The fraction of sp³-hybridized carbons (Fsp3) is 0.294. The quantitative estimate of drug-likeness (QED) is 0.781. The Morgan fingerprint density at radius 2 is 1.86 bits per heavy atom. The van der Waals surface area contributed by atoms with Crippen LogP contribution >= 0.6 is 0 Å². The van der Waals surface area contributed by atoms with Crippen LogP contribution in [-0.2, 0) is 0 Å². The van der Waals surface area contributed by atoms with Crippen molar-refractivity contribution in [3.8, 4) is 11.5 Å². The van der Waals surface area contributed by atoms with Gasteiger partial charge in [-0.1, -0.05) is 13.0 Å². The number of nitrogens with two attached hydrogens (primary N) is 1. The summed E-state index contributed by atoms with van der Waals surface area (Å²) >= 11 is 0. The number of methoxy groups -OCH3 is 1. The van der Waals surface area contributed by atoms with Crippen molar-refractivity contribution in [2.45, 2.75) is 26.4 Å². The first-order valence-electron chi connectivity index (χ1n) is 7.09. The Kier molecular flexibility index (Phi) is 4.93.